The van der Waals surface area contributed by atoms with Crippen LogP contribution in [0.15, 0.2) is 46.6 Å². The average Bonchev–Trinajstić information content (AvgIpc) is 3.16. The summed E-state index contributed by atoms with van der Waals surface area (Å²) >= 11 is 1.62. The SMILES string of the molecule is CCN(CC)C(=O)N(Cc1cccs1)Cc1cc2cc(C)ccc2[nH]c1=O. The Hall–Kier alpha value is -2.60. The van der Waals surface area contributed by atoms with Crippen molar-refractivity contribution < 1.29 is 4.79 Å². The third-order valence-corrected chi connectivity index (χ3v) is 5.53. The molecule has 0 aliphatic rings. The van der Waals surface area contributed by atoms with E-state index in [0.717, 1.165) is 21.3 Å². The van der Waals surface area contributed by atoms with Crippen LogP contribution in [-0.2, 0) is 13.1 Å². The van der Waals surface area contributed by atoms with Gasteiger partial charge in [0.25, 0.3) is 5.56 Å². The number of carbonyl (C=O) groups is 1. The summed E-state index contributed by atoms with van der Waals surface area (Å²) < 4.78 is 0. The Morgan fingerprint density at radius 2 is 1.85 bits per heavy atom. The number of thiophene rings is 1. The minimum atomic E-state index is -0.144. The highest BCUT2D eigenvalue weighted by Crippen LogP contribution is 2.18. The van der Waals surface area contributed by atoms with E-state index in [2.05, 4.69) is 4.98 Å². The number of pyridine rings is 1. The van der Waals surface area contributed by atoms with Gasteiger partial charge in [-0.25, -0.2) is 4.79 Å². The van der Waals surface area contributed by atoms with Gasteiger partial charge in [-0.05, 0) is 55.8 Å². The molecule has 1 N–H and O–H groups in total. The van der Waals surface area contributed by atoms with Gasteiger partial charge in [-0.3, -0.25) is 4.79 Å². The molecule has 3 aromatic rings. The van der Waals surface area contributed by atoms with E-state index in [-0.39, 0.29) is 18.1 Å². The van der Waals surface area contributed by atoms with E-state index in [1.807, 2.05) is 62.5 Å². The second kappa shape index (κ2) is 8.39. The van der Waals surface area contributed by atoms with E-state index < -0.39 is 0 Å². The van der Waals surface area contributed by atoms with Gasteiger partial charge in [0, 0.05) is 29.0 Å². The van der Waals surface area contributed by atoms with E-state index in [1.54, 1.807) is 21.1 Å². The second-order valence-electron chi connectivity index (χ2n) is 6.60. The molecule has 3 rings (SSSR count). The van der Waals surface area contributed by atoms with E-state index in [1.165, 1.54) is 0 Å². The molecule has 0 saturated carbocycles. The van der Waals surface area contributed by atoms with Crippen molar-refractivity contribution in [2.24, 2.45) is 0 Å². The largest absolute Gasteiger partial charge is 0.325 e. The molecule has 142 valence electrons. The number of carbonyl (C=O) groups excluding carboxylic acids is 1. The number of aromatic nitrogens is 1. The van der Waals surface area contributed by atoms with Crippen LogP contribution in [0.4, 0.5) is 4.79 Å². The summed E-state index contributed by atoms with van der Waals surface area (Å²) in [5, 5.41) is 2.98. The van der Waals surface area contributed by atoms with Crippen LogP contribution < -0.4 is 5.56 Å². The third kappa shape index (κ3) is 4.39. The molecule has 2 aromatic heterocycles. The predicted molar refractivity (Wildman–Crippen MR) is 111 cm³/mol. The van der Waals surface area contributed by atoms with E-state index in [4.69, 9.17) is 0 Å². The maximum absolute atomic E-state index is 13.0. The number of aromatic amines is 1. The fourth-order valence-corrected chi connectivity index (χ4v) is 3.89. The number of urea groups is 1. The standard InChI is InChI=1S/C21H25N3O2S/c1-4-23(5-2)21(26)24(14-18-7-6-10-27-18)13-17-12-16-11-15(3)8-9-19(16)22-20(17)25/h6-12H,4-5,13-14H2,1-3H3,(H,22,25). The van der Waals surface area contributed by atoms with Crippen LogP contribution in [0, 0.1) is 6.92 Å². The number of hydrogen-bond donors (Lipinski definition) is 1. The molecule has 2 heterocycles. The molecule has 0 spiro atoms. The van der Waals surface area contributed by atoms with Crippen molar-refractivity contribution in [2.75, 3.05) is 13.1 Å². The van der Waals surface area contributed by atoms with Crippen molar-refractivity contribution in [1.82, 2.24) is 14.8 Å². The molecule has 27 heavy (non-hydrogen) atoms. The van der Waals surface area contributed by atoms with Crippen LogP contribution in [0.1, 0.15) is 29.9 Å². The van der Waals surface area contributed by atoms with Gasteiger partial charge in [-0.1, -0.05) is 17.7 Å². The quantitative estimate of drug-likeness (QED) is 0.687. The highest BCUT2D eigenvalue weighted by Gasteiger charge is 2.21. The van der Waals surface area contributed by atoms with Crippen LogP contribution in [-0.4, -0.2) is 33.9 Å². The number of benzene rings is 1. The zero-order valence-electron chi connectivity index (χ0n) is 16.0. The van der Waals surface area contributed by atoms with Crippen LogP contribution in [0.2, 0.25) is 0 Å². The Morgan fingerprint density at radius 3 is 2.52 bits per heavy atom. The summed E-state index contributed by atoms with van der Waals surface area (Å²) in [6.45, 7) is 8.03. The number of hydrogen-bond acceptors (Lipinski definition) is 3. The molecule has 0 aliphatic carbocycles. The number of rotatable bonds is 6. The van der Waals surface area contributed by atoms with Crippen LogP contribution in [0.25, 0.3) is 10.9 Å². The number of nitrogens with zero attached hydrogens (tertiary/aromatic N) is 2. The number of H-pyrrole nitrogens is 1. The zero-order valence-corrected chi connectivity index (χ0v) is 16.8. The first-order valence-electron chi connectivity index (χ1n) is 9.20. The molecule has 0 aliphatic heterocycles. The molecule has 0 saturated heterocycles. The van der Waals surface area contributed by atoms with Gasteiger partial charge in [-0.15, -0.1) is 11.3 Å². The Labute approximate surface area is 163 Å². The van der Waals surface area contributed by atoms with Gasteiger partial charge >= 0.3 is 6.03 Å². The van der Waals surface area contributed by atoms with E-state index in [9.17, 15) is 9.59 Å². The van der Waals surface area contributed by atoms with Gasteiger partial charge in [0.1, 0.15) is 0 Å². The lowest BCUT2D eigenvalue weighted by atomic mass is 10.1. The monoisotopic (exact) mass is 383 g/mol. The normalized spacial score (nSPS) is 10.9. The van der Waals surface area contributed by atoms with Crippen LogP contribution in [0.5, 0.6) is 0 Å². The van der Waals surface area contributed by atoms with Crippen molar-refractivity contribution in [3.8, 4) is 0 Å². The minimum Gasteiger partial charge on any atom is -0.325 e. The molecular formula is C21H25N3O2S. The lowest BCUT2D eigenvalue weighted by molar-refractivity contribution is 0.152. The van der Waals surface area contributed by atoms with E-state index in [0.29, 0.717) is 25.2 Å². The first kappa shape index (κ1) is 19.2. The molecule has 1 aromatic carbocycles. The number of amides is 2. The molecule has 2 amide bonds. The maximum Gasteiger partial charge on any atom is 0.320 e. The fourth-order valence-electron chi connectivity index (χ4n) is 3.17. The number of fused-ring (bicyclic) bond motifs is 1. The Bertz CT molecular complexity index is 975. The predicted octanol–water partition coefficient (Wildman–Crippen LogP) is 4.36. The summed E-state index contributed by atoms with van der Waals surface area (Å²) in [4.78, 5) is 33.2. The molecule has 0 fully saturated rings. The van der Waals surface area contributed by atoms with Crippen molar-refractivity contribution in [1.29, 1.82) is 0 Å². The van der Waals surface area contributed by atoms with Gasteiger partial charge in [-0.2, -0.15) is 0 Å². The summed E-state index contributed by atoms with van der Waals surface area (Å²) in [5.74, 6) is 0. The molecule has 0 radical (unpaired) electrons. The second-order valence-corrected chi connectivity index (χ2v) is 7.64. The first-order valence-corrected chi connectivity index (χ1v) is 10.1. The van der Waals surface area contributed by atoms with Gasteiger partial charge in [0.05, 0.1) is 13.1 Å². The Balaban J connectivity index is 1.95. The number of aryl methyl sites for hydroxylation is 1. The zero-order chi connectivity index (χ0) is 19.4. The Morgan fingerprint density at radius 1 is 1.07 bits per heavy atom. The molecule has 6 heteroatoms. The summed E-state index contributed by atoms with van der Waals surface area (Å²) in [7, 11) is 0. The van der Waals surface area contributed by atoms with E-state index >= 15 is 0 Å². The topological polar surface area (TPSA) is 56.4 Å². The van der Waals surface area contributed by atoms with Crippen molar-refractivity contribution >= 4 is 28.3 Å². The summed E-state index contributed by atoms with van der Waals surface area (Å²) in [6, 6.07) is 11.8. The average molecular weight is 384 g/mol. The maximum atomic E-state index is 13.0. The highest BCUT2D eigenvalue weighted by atomic mass is 32.1. The van der Waals surface area contributed by atoms with Gasteiger partial charge in [0.15, 0.2) is 0 Å². The fraction of sp³-hybridized carbons (Fsp3) is 0.333. The molecule has 5 nitrogen and oxygen atoms in total. The Kier molecular flexibility index (Phi) is 5.96. The lowest BCUT2D eigenvalue weighted by Gasteiger charge is -2.29. The third-order valence-electron chi connectivity index (χ3n) is 4.67. The highest BCUT2D eigenvalue weighted by molar-refractivity contribution is 7.09. The lowest BCUT2D eigenvalue weighted by Crippen LogP contribution is -2.43. The van der Waals surface area contributed by atoms with Crippen molar-refractivity contribution in [3.05, 3.63) is 68.1 Å². The molecule has 0 unspecified atom stereocenters. The van der Waals surface area contributed by atoms with Gasteiger partial charge in [0.2, 0.25) is 0 Å². The summed E-state index contributed by atoms with van der Waals surface area (Å²) in [6.07, 6.45) is 0. The first-order chi connectivity index (χ1) is 13.0. The molecular weight excluding hydrogens is 358 g/mol. The van der Waals surface area contributed by atoms with Crippen molar-refractivity contribution in [3.63, 3.8) is 0 Å². The van der Waals surface area contributed by atoms with Crippen molar-refractivity contribution in [2.45, 2.75) is 33.9 Å². The van der Waals surface area contributed by atoms with Crippen LogP contribution >= 0.6 is 11.3 Å². The number of nitrogens with one attached hydrogen (secondary N) is 1. The van der Waals surface area contributed by atoms with Crippen LogP contribution in [0.3, 0.4) is 0 Å². The van der Waals surface area contributed by atoms with Gasteiger partial charge < -0.3 is 14.8 Å². The molecule has 0 atom stereocenters. The smallest absolute Gasteiger partial charge is 0.320 e. The minimum absolute atomic E-state index is 0.0443. The summed E-state index contributed by atoms with van der Waals surface area (Å²) in [5.41, 5.74) is 2.41. The molecule has 0 bridgehead atoms.